The van der Waals surface area contributed by atoms with Crippen LogP contribution in [0.4, 0.5) is 0 Å². The molecule has 2 N–H and O–H groups in total. The molecule has 0 aromatic carbocycles. The van der Waals surface area contributed by atoms with Gasteiger partial charge in [0, 0.05) is 24.3 Å². The van der Waals surface area contributed by atoms with Crippen LogP contribution in [0.5, 0.6) is 0 Å². The van der Waals surface area contributed by atoms with E-state index >= 15 is 0 Å². The molecule has 18 heavy (non-hydrogen) atoms. The van der Waals surface area contributed by atoms with Crippen molar-refractivity contribution in [2.45, 2.75) is 24.9 Å². The standard InChI is InChI=1S/C10H15N5O2S/c1-7(9-4-13-15(3)8(9)2)14-18(16,17)10-5-11-6-12-10/h4-7,14H,1-3H3,(H,11,12). The number of hydrogen-bond acceptors (Lipinski definition) is 4. The molecule has 0 saturated heterocycles. The molecule has 1 atom stereocenters. The second-order valence-electron chi connectivity index (χ2n) is 4.07. The minimum absolute atomic E-state index is 0.0518. The summed E-state index contributed by atoms with van der Waals surface area (Å²) in [7, 11) is -1.76. The van der Waals surface area contributed by atoms with Gasteiger partial charge in [-0.3, -0.25) is 4.68 Å². The summed E-state index contributed by atoms with van der Waals surface area (Å²) >= 11 is 0. The third-order valence-electron chi connectivity index (χ3n) is 2.83. The number of aryl methyl sites for hydroxylation is 1. The molecule has 98 valence electrons. The average molecular weight is 269 g/mol. The molecule has 2 rings (SSSR count). The number of aromatic nitrogens is 4. The fraction of sp³-hybridized carbons (Fsp3) is 0.400. The highest BCUT2D eigenvalue weighted by Crippen LogP contribution is 2.18. The van der Waals surface area contributed by atoms with Gasteiger partial charge in [0.2, 0.25) is 0 Å². The molecule has 0 aliphatic carbocycles. The van der Waals surface area contributed by atoms with E-state index in [1.807, 2.05) is 14.0 Å². The number of H-pyrrole nitrogens is 1. The fourth-order valence-electron chi connectivity index (χ4n) is 1.69. The Balaban J connectivity index is 2.22. The van der Waals surface area contributed by atoms with E-state index in [9.17, 15) is 8.42 Å². The SMILES string of the molecule is Cc1c(C(C)NS(=O)(=O)c2cnc[nH]2)cnn1C. The molecule has 2 heterocycles. The predicted molar refractivity (Wildman–Crippen MR) is 65.3 cm³/mol. The summed E-state index contributed by atoms with van der Waals surface area (Å²) in [6.45, 7) is 3.67. The van der Waals surface area contributed by atoms with Gasteiger partial charge in [-0.05, 0) is 13.8 Å². The van der Waals surface area contributed by atoms with Gasteiger partial charge in [-0.2, -0.15) is 5.10 Å². The van der Waals surface area contributed by atoms with Gasteiger partial charge in [-0.25, -0.2) is 18.1 Å². The van der Waals surface area contributed by atoms with Crippen molar-refractivity contribution in [3.8, 4) is 0 Å². The molecule has 0 bridgehead atoms. The zero-order chi connectivity index (χ0) is 13.3. The highest BCUT2D eigenvalue weighted by atomic mass is 32.2. The quantitative estimate of drug-likeness (QED) is 0.845. The zero-order valence-corrected chi connectivity index (χ0v) is 11.2. The maximum atomic E-state index is 12.0. The van der Waals surface area contributed by atoms with Gasteiger partial charge in [-0.1, -0.05) is 0 Å². The maximum absolute atomic E-state index is 12.0. The summed E-state index contributed by atoms with van der Waals surface area (Å²) in [6, 6.07) is -0.355. The van der Waals surface area contributed by atoms with Crippen LogP contribution in [0.1, 0.15) is 24.2 Å². The summed E-state index contributed by atoms with van der Waals surface area (Å²) in [5.41, 5.74) is 1.77. The Labute approximate surface area is 105 Å². The van der Waals surface area contributed by atoms with Gasteiger partial charge >= 0.3 is 0 Å². The minimum Gasteiger partial charge on any atom is -0.335 e. The second-order valence-corrected chi connectivity index (χ2v) is 5.75. The van der Waals surface area contributed by atoms with E-state index in [1.165, 1.54) is 12.5 Å². The first kappa shape index (κ1) is 12.8. The van der Waals surface area contributed by atoms with Crippen molar-refractivity contribution in [1.29, 1.82) is 0 Å². The Morgan fingerprint density at radius 2 is 2.17 bits per heavy atom. The number of sulfonamides is 1. The van der Waals surface area contributed by atoms with Gasteiger partial charge in [-0.15, -0.1) is 0 Å². The number of hydrogen-bond donors (Lipinski definition) is 2. The van der Waals surface area contributed by atoms with Crippen molar-refractivity contribution < 1.29 is 8.42 Å². The lowest BCUT2D eigenvalue weighted by Crippen LogP contribution is -2.27. The van der Waals surface area contributed by atoms with Crippen LogP contribution in [0.25, 0.3) is 0 Å². The molecule has 0 amide bonds. The molecule has 0 radical (unpaired) electrons. The Hall–Kier alpha value is -1.67. The van der Waals surface area contributed by atoms with E-state index in [1.54, 1.807) is 17.8 Å². The van der Waals surface area contributed by atoms with E-state index < -0.39 is 10.0 Å². The molecule has 1 unspecified atom stereocenters. The van der Waals surface area contributed by atoms with Crippen molar-refractivity contribution >= 4 is 10.0 Å². The Morgan fingerprint density at radius 3 is 2.67 bits per heavy atom. The number of aromatic amines is 1. The maximum Gasteiger partial charge on any atom is 0.258 e. The third kappa shape index (κ3) is 2.29. The summed E-state index contributed by atoms with van der Waals surface area (Å²) in [5, 5.41) is 4.14. The predicted octanol–water partition coefficient (Wildman–Crippen LogP) is 0.491. The normalized spacial score (nSPS) is 13.7. The molecule has 7 nitrogen and oxygen atoms in total. The number of rotatable bonds is 4. The summed E-state index contributed by atoms with van der Waals surface area (Å²) < 4.78 is 28.3. The van der Waals surface area contributed by atoms with Crippen LogP contribution in [0.3, 0.4) is 0 Å². The first-order chi connectivity index (χ1) is 8.42. The molecule has 0 spiro atoms. The van der Waals surface area contributed by atoms with E-state index in [2.05, 4.69) is 19.8 Å². The third-order valence-corrected chi connectivity index (χ3v) is 4.30. The van der Waals surface area contributed by atoms with Crippen molar-refractivity contribution in [3.05, 3.63) is 30.0 Å². The Bertz CT molecular complexity index is 629. The van der Waals surface area contributed by atoms with Crippen LogP contribution >= 0.6 is 0 Å². The Kier molecular flexibility index (Phi) is 3.22. The Morgan fingerprint density at radius 1 is 1.44 bits per heavy atom. The van der Waals surface area contributed by atoms with Gasteiger partial charge in [0.05, 0.1) is 18.7 Å². The first-order valence-corrected chi connectivity index (χ1v) is 6.89. The highest BCUT2D eigenvalue weighted by Gasteiger charge is 2.21. The molecule has 0 fully saturated rings. The topological polar surface area (TPSA) is 92.7 Å². The molecule has 0 saturated carbocycles. The van der Waals surface area contributed by atoms with Crippen LogP contribution < -0.4 is 4.72 Å². The van der Waals surface area contributed by atoms with Crippen molar-refractivity contribution in [2.24, 2.45) is 7.05 Å². The molecule has 0 aliphatic heterocycles. The number of nitrogens with zero attached hydrogens (tertiary/aromatic N) is 3. The lowest BCUT2D eigenvalue weighted by atomic mass is 10.1. The van der Waals surface area contributed by atoms with Crippen molar-refractivity contribution in [2.75, 3.05) is 0 Å². The largest absolute Gasteiger partial charge is 0.335 e. The van der Waals surface area contributed by atoms with E-state index in [-0.39, 0.29) is 11.1 Å². The summed E-state index contributed by atoms with van der Waals surface area (Å²) in [6.07, 6.45) is 4.26. The van der Waals surface area contributed by atoms with Crippen molar-refractivity contribution in [3.63, 3.8) is 0 Å². The molecule has 2 aromatic heterocycles. The molecular weight excluding hydrogens is 254 g/mol. The zero-order valence-electron chi connectivity index (χ0n) is 10.4. The van der Waals surface area contributed by atoms with Crippen LogP contribution in [-0.4, -0.2) is 28.2 Å². The first-order valence-electron chi connectivity index (χ1n) is 5.41. The van der Waals surface area contributed by atoms with E-state index in [0.29, 0.717) is 0 Å². The van der Waals surface area contributed by atoms with E-state index in [0.717, 1.165) is 11.3 Å². The van der Waals surface area contributed by atoms with Crippen LogP contribution in [-0.2, 0) is 17.1 Å². The highest BCUT2D eigenvalue weighted by molar-refractivity contribution is 7.89. The average Bonchev–Trinajstić information content (AvgIpc) is 2.90. The van der Waals surface area contributed by atoms with Gasteiger partial charge in [0.15, 0.2) is 5.03 Å². The monoisotopic (exact) mass is 269 g/mol. The molecule has 0 aliphatic rings. The van der Waals surface area contributed by atoms with Crippen LogP contribution in [0.2, 0.25) is 0 Å². The molecular formula is C10H15N5O2S. The van der Waals surface area contributed by atoms with Crippen LogP contribution in [0.15, 0.2) is 23.7 Å². The lowest BCUT2D eigenvalue weighted by Gasteiger charge is -2.12. The van der Waals surface area contributed by atoms with Gasteiger partial charge in [0.1, 0.15) is 0 Å². The smallest absolute Gasteiger partial charge is 0.258 e. The molecule has 2 aromatic rings. The molecule has 8 heteroatoms. The van der Waals surface area contributed by atoms with E-state index in [4.69, 9.17) is 0 Å². The lowest BCUT2D eigenvalue weighted by molar-refractivity contribution is 0.563. The minimum atomic E-state index is -3.58. The number of imidazole rings is 1. The van der Waals surface area contributed by atoms with Crippen LogP contribution in [0, 0.1) is 6.92 Å². The second kappa shape index (κ2) is 4.54. The summed E-state index contributed by atoms with van der Waals surface area (Å²) in [4.78, 5) is 6.27. The van der Waals surface area contributed by atoms with Gasteiger partial charge < -0.3 is 4.98 Å². The van der Waals surface area contributed by atoms with Crippen molar-refractivity contribution in [1.82, 2.24) is 24.5 Å². The summed E-state index contributed by atoms with van der Waals surface area (Å²) in [5.74, 6) is 0. The van der Waals surface area contributed by atoms with Gasteiger partial charge in [0.25, 0.3) is 10.0 Å². The number of nitrogens with one attached hydrogen (secondary N) is 2. The fourth-order valence-corrected chi connectivity index (χ4v) is 2.82.